The Hall–Kier alpha value is -2.70. The monoisotopic (exact) mass is 306 g/mol. The van der Waals surface area contributed by atoms with Crippen LogP contribution in [0.25, 0.3) is 11.1 Å². The number of rotatable bonds is 4. The second-order valence-corrected chi connectivity index (χ2v) is 4.39. The van der Waals surface area contributed by atoms with Crippen molar-refractivity contribution < 1.29 is 23.4 Å². The fourth-order valence-corrected chi connectivity index (χ4v) is 2.08. The largest absolute Gasteiger partial charge is 0.491 e. The second-order valence-electron chi connectivity index (χ2n) is 4.39. The number of hydrogen-bond donors (Lipinski definition) is 0. The van der Waals surface area contributed by atoms with Crippen molar-refractivity contribution in [2.45, 2.75) is 6.92 Å². The summed E-state index contributed by atoms with van der Waals surface area (Å²) in [6.45, 7) is 1.73. The summed E-state index contributed by atoms with van der Waals surface area (Å²) in [5.74, 6) is -1.06. The van der Waals surface area contributed by atoms with Crippen LogP contribution < -0.4 is 9.47 Å². The van der Waals surface area contributed by atoms with Gasteiger partial charge in [-0.25, -0.2) is 14.2 Å². The molecule has 0 amide bonds. The van der Waals surface area contributed by atoms with Gasteiger partial charge in [-0.1, -0.05) is 0 Å². The summed E-state index contributed by atoms with van der Waals surface area (Å²) in [4.78, 5) is 19.8. The summed E-state index contributed by atoms with van der Waals surface area (Å²) in [5, 5.41) is 0. The smallest absolute Gasteiger partial charge is 0.340 e. The van der Waals surface area contributed by atoms with Crippen LogP contribution in [-0.2, 0) is 4.74 Å². The first-order valence-corrected chi connectivity index (χ1v) is 6.35. The zero-order chi connectivity index (χ0) is 16.3. The van der Waals surface area contributed by atoms with E-state index in [1.54, 1.807) is 13.0 Å². The molecule has 7 heteroatoms. The maximum absolute atomic E-state index is 14.3. The third kappa shape index (κ3) is 2.69. The van der Waals surface area contributed by atoms with E-state index in [1.807, 2.05) is 0 Å². The van der Waals surface area contributed by atoms with Gasteiger partial charge in [0.25, 0.3) is 5.88 Å². The molecule has 116 valence electrons. The van der Waals surface area contributed by atoms with E-state index in [4.69, 9.17) is 14.2 Å². The van der Waals surface area contributed by atoms with E-state index in [-0.39, 0.29) is 22.8 Å². The Bertz CT molecular complexity index is 719. The average Bonchev–Trinajstić information content (AvgIpc) is 2.53. The van der Waals surface area contributed by atoms with Crippen LogP contribution in [0.3, 0.4) is 0 Å². The van der Waals surface area contributed by atoms with Crippen molar-refractivity contribution in [3.63, 3.8) is 0 Å². The van der Waals surface area contributed by atoms with Gasteiger partial charge in [0.2, 0.25) is 0 Å². The Kier molecular flexibility index (Phi) is 4.55. The Balaban J connectivity index is 2.81. The molecule has 2 heterocycles. The van der Waals surface area contributed by atoms with Gasteiger partial charge in [0, 0.05) is 17.5 Å². The van der Waals surface area contributed by atoms with E-state index in [1.165, 1.54) is 27.5 Å². The molecule has 0 aliphatic rings. The van der Waals surface area contributed by atoms with Crippen molar-refractivity contribution in [1.82, 2.24) is 9.97 Å². The Labute approximate surface area is 126 Å². The number of aryl methyl sites for hydroxylation is 1. The maximum atomic E-state index is 14.3. The van der Waals surface area contributed by atoms with Crippen LogP contribution in [0, 0.1) is 12.7 Å². The number of pyridine rings is 2. The molecule has 0 saturated carbocycles. The molecule has 0 aromatic carbocycles. The molecule has 0 fully saturated rings. The third-order valence-electron chi connectivity index (χ3n) is 3.07. The molecule has 0 aliphatic carbocycles. The molecule has 0 atom stereocenters. The molecule has 22 heavy (non-hydrogen) atoms. The maximum Gasteiger partial charge on any atom is 0.340 e. The van der Waals surface area contributed by atoms with Gasteiger partial charge in [0.1, 0.15) is 0 Å². The highest BCUT2D eigenvalue weighted by Crippen LogP contribution is 2.39. The Morgan fingerprint density at radius 2 is 1.86 bits per heavy atom. The van der Waals surface area contributed by atoms with Crippen molar-refractivity contribution in [1.29, 1.82) is 0 Å². The minimum Gasteiger partial charge on any atom is -0.491 e. The van der Waals surface area contributed by atoms with Crippen molar-refractivity contribution in [2.75, 3.05) is 21.3 Å². The molecule has 0 N–H and O–H groups in total. The van der Waals surface area contributed by atoms with Crippen LogP contribution in [0.2, 0.25) is 0 Å². The summed E-state index contributed by atoms with van der Waals surface area (Å²) < 4.78 is 29.4. The highest BCUT2D eigenvalue weighted by Gasteiger charge is 2.24. The third-order valence-corrected chi connectivity index (χ3v) is 3.07. The lowest BCUT2D eigenvalue weighted by Gasteiger charge is -2.15. The molecule has 6 nitrogen and oxygen atoms in total. The van der Waals surface area contributed by atoms with E-state index in [2.05, 4.69) is 9.97 Å². The average molecular weight is 306 g/mol. The van der Waals surface area contributed by atoms with Gasteiger partial charge in [-0.2, -0.15) is 0 Å². The van der Waals surface area contributed by atoms with Gasteiger partial charge in [-0.15, -0.1) is 0 Å². The van der Waals surface area contributed by atoms with Gasteiger partial charge < -0.3 is 14.2 Å². The minimum atomic E-state index is -0.645. The lowest BCUT2D eigenvalue weighted by molar-refractivity contribution is 0.0601. The van der Waals surface area contributed by atoms with E-state index in [0.29, 0.717) is 11.3 Å². The number of carbonyl (C=O) groups is 1. The molecule has 2 aromatic rings. The molecule has 0 unspecified atom stereocenters. The summed E-state index contributed by atoms with van der Waals surface area (Å²) in [6.07, 6.45) is 2.34. The van der Waals surface area contributed by atoms with E-state index in [9.17, 15) is 9.18 Å². The molecule has 0 spiro atoms. The lowest BCUT2D eigenvalue weighted by atomic mass is 10.00. The lowest BCUT2D eigenvalue weighted by Crippen LogP contribution is -2.07. The molecule has 0 saturated heterocycles. The van der Waals surface area contributed by atoms with Gasteiger partial charge >= 0.3 is 5.97 Å². The molecular formula is C15H15FN2O4. The number of nitrogens with zero attached hydrogens (tertiary/aromatic N) is 2. The van der Waals surface area contributed by atoms with Gasteiger partial charge in [-0.05, 0) is 13.0 Å². The van der Waals surface area contributed by atoms with E-state index in [0.717, 1.165) is 6.20 Å². The zero-order valence-electron chi connectivity index (χ0n) is 12.6. The SMILES string of the molecule is COC(=O)c1cnc(C)cc1-c1c(F)cnc(OC)c1OC. The minimum absolute atomic E-state index is 0.0697. The van der Waals surface area contributed by atoms with Gasteiger partial charge in [0.05, 0.1) is 38.7 Å². The summed E-state index contributed by atoms with van der Waals surface area (Å²) in [5.41, 5.74) is 1.10. The highest BCUT2D eigenvalue weighted by molar-refractivity contribution is 5.98. The molecule has 2 rings (SSSR count). The van der Waals surface area contributed by atoms with Crippen molar-refractivity contribution in [2.24, 2.45) is 0 Å². The van der Waals surface area contributed by atoms with Crippen LogP contribution in [0.5, 0.6) is 11.6 Å². The van der Waals surface area contributed by atoms with Gasteiger partial charge in [0.15, 0.2) is 11.6 Å². The quantitative estimate of drug-likeness (QED) is 0.808. The van der Waals surface area contributed by atoms with E-state index < -0.39 is 11.8 Å². The Morgan fingerprint density at radius 1 is 1.14 bits per heavy atom. The Morgan fingerprint density at radius 3 is 2.45 bits per heavy atom. The van der Waals surface area contributed by atoms with Crippen molar-refractivity contribution >= 4 is 5.97 Å². The topological polar surface area (TPSA) is 70.5 Å². The summed E-state index contributed by atoms with van der Waals surface area (Å²) >= 11 is 0. The molecule has 0 aliphatic heterocycles. The fraction of sp³-hybridized carbons (Fsp3) is 0.267. The summed E-state index contributed by atoms with van der Waals surface area (Å²) in [7, 11) is 4.01. The number of ether oxygens (including phenoxy) is 3. The predicted octanol–water partition coefficient (Wildman–Crippen LogP) is 2.39. The van der Waals surface area contributed by atoms with Crippen LogP contribution in [0.15, 0.2) is 18.5 Å². The normalized spacial score (nSPS) is 10.2. The van der Waals surface area contributed by atoms with E-state index >= 15 is 0 Å². The van der Waals surface area contributed by atoms with Crippen molar-refractivity contribution in [3.05, 3.63) is 35.5 Å². The fourth-order valence-electron chi connectivity index (χ4n) is 2.08. The first-order chi connectivity index (χ1) is 10.5. The number of halogens is 1. The first-order valence-electron chi connectivity index (χ1n) is 6.35. The van der Waals surface area contributed by atoms with Crippen molar-refractivity contribution in [3.8, 4) is 22.8 Å². The standard InChI is InChI=1S/C15H15FN2O4/c1-8-5-9(10(6-17-8)15(19)22-4)12-11(16)7-18-14(21-3)13(12)20-2/h5-7H,1-4H3. The number of carbonyl (C=O) groups excluding carboxylic acids is 1. The number of esters is 1. The molecule has 0 radical (unpaired) electrons. The van der Waals surface area contributed by atoms with Crippen LogP contribution >= 0.6 is 0 Å². The molecular weight excluding hydrogens is 291 g/mol. The summed E-state index contributed by atoms with van der Waals surface area (Å²) in [6, 6.07) is 1.58. The highest BCUT2D eigenvalue weighted by atomic mass is 19.1. The van der Waals surface area contributed by atoms with Crippen LogP contribution in [0.4, 0.5) is 4.39 Å². The van der Waals surface area contributed by atoms with Crippen LogP contribution in [0.1, 0.15) is 16.1 Å². The number of aromatic nitrogens is 2. The molecule has 2 aromatic heterocycles. The first kappa shape index (κ1) is 15.7. The second kappa shape index (κ2) is 6.38. The zero-order valence-corrected chi connectivity index (χ0v) is 12.6. The number of methoxy groups -OCH3 is 3. The number of hydrogen-bond acceptors (Lipinski definition) is 6. The van der Waals surface area contributed by atoms with Crippen LogP contribution in [-0.4, -0.2) is 37.3 Å². The molecule has 0 bridgehead atoms. The van der Waals surface area contributed by atoms with Gasteiger partial charge in [-0.3, -0.25) is 4.98 Å². The predicted molar refractivity (Wildman–Crippen MR) is 76.6 cm³/mol.